The van der Waals surface area contributed by atoms with Crippen LogP contribution >= 0.6 is 34.7 Å². The molecule has 0 aliphatic heterocycles. The average Bonchev–Trinajstić information content (AvgIpc) is 2.74. The van der Waals surface area contributed by atoms with Gasteiger partial charge in [0.15, 0.2) is 0 Å². The molecule has 2 aromatic carbocycles. The van der Waals surface area contributed by atoms with E-state index in [1.54, 1.807) is 24.0 Å². The molecule has 1 atom stereocenters. The topological polar surface area (TPSA) is 51.2 Å². The summed E-state index contributed by atoms with van der Waals surface area (Å²) >= 11 is -2.13. The van der Waals surface area contributed by atoms with Crippen molar-refractivity contribution in [1.29, 1.82) is 0 Å². The Kier molecular flexibility index (Phi) is 12.9. The smallest absolute Gasteiger partial charge is 0 e. The van der Waals surface area contributed by atoms with Crippen LogP contribution in [0.25, 0.3) is 0 Å². The van der Waals surface area contributed by atoms with E-state index < -0.39 is 24.3 Å². The van der Waals surface area contributed by atoms with Crippen LogP contribution in [-0.4, -0.2) is 39.9 Å². The molecule has 3 rings (SSSR count). The van der Waals surface area contributed by atoms with E-state index >= 15 is 0 Å². The fourth-order valence-electron chi connectivity index (χ4n) is 2.98. The third-order valence-electron chi connectivity index (χ3n) is 4.11. The molecule has 2 radical (unpaired) electrons. The van der Waals surface area contributed by atoms with Crippen LogP contribution in [0.2, 0.25) is 0 Å². The summed E-state index contributed by atoms with van der Waals surface area (Å²) < 4.78 is 0. The molecule has 1 unspecified atom stereocenters. The molecule has 154 valence electrons. The molecular weight excluding hydrogens is 615 g/mol. The molecule has 0 bridgehead atoms. The van der Waals surface area contributed by atoms with Gasteiger partial charge in [0.2, 0.25) is 0 Å². The normalized spacial score (nSPS) is 14.8. The van der Waals surface area contributed by atoms with Gasteiger partial charge in [-0.15, -0.1) is 0 Å². The number of hydrogen-bond donors (Lipinski definition) is 0. The average molecular weight is 629 g/mol. The van der Waals surface area contributed by atoms with E-state index in [2.05, 4.69) is 0 Å². The van der Waals surface area contributed by atoms with E-state index in [9.17, 15) is 14.4 Å². The van der Waals surface area contributed by atoms with Crippen LogP contribution in [0.4, 0.5) is 0 Å². The van der Waals surface area contributed by atoms with Crippen LogP contribution in [0.15, 0.2) is 89.5 Å². The zero-order valence-corrected chi connectivity index (χ0v) is 22.4. The standard InChI is InChI=1S/C21H13O3P.3ClH.Co.Sn/c22-13-16-11-12-21(20(15-24)19(16)14-23)25(17-7-3-1-4-8-17)18-9-5-2-6-10-18;;;;;/h1-12,21H;3*1H;;/q;;;;;+3/p-2. The zero-order chi connectivity index (χ0) is 21.2. The van der Waals surface area contributed by atoms with Gasteiger partial charge < -0.3 is 0 Å². The Hall–Kier alpha value is -0.865. The molecule has 0 heterocycles. The monoisotopic (exact) mass is 629 g/mol. The number of carbonyl (C=O) groups excluding carboxylic acids is 3. The predicted molar refractivity (Wildman–Crippen MR) is 124 cm³/mol. The molecule has 30 heavy (non-hydrogen) atoms. The molecule has 0 N–H and O–H groups in total. The Morgan fingerprint density at radius 2 is 1.23 bits per heavy atom. The number of hydrogen-bond acceptors (Lipinski definition) is 3. The predicted octanol–water partition coefficient (Wildman–Crippen LogP) is 3.75. The SMILES string of the molecule is O=C=C1C=CC([PH+](c2ccccc2)c2ccccc2)C(=C=O)C1=C=O.[Cl][Sn]([Cl])[Cl].[Co]. The van der Waals surface area contributed by atoms with E-state index in [1.165, 1.54) is 0 Å². The minimum atomic E-state index is -2.13. The van der Waals surface area contributed by atoms with E-state index in [0.29, 0.717) is 0 Å². The third kappa shape index (κ3) is 7.37. The minimum absolute atomic E-state index is 0. The second-order valence-corrected chi connectivity index (χ2v) is 21.0. The first kappa shape index (κ1) is 27.2. The molecular formula is C21H14Cl3CoO3PSn+. The quantitative estimate of drug-likeness (QED) is 0.296. The van der Waals surface area contributed by atoms with Gasteiger partial charge in [0, 0.05) is 16.8 Å². The molecule has 9 heteroatoms. The summed E-state index contributed by atoms with van der Waals surface area (Å²) in [5.74, 6) is 5.31. The van der Waals surface area contributed by atoms with Crippen molar-refractivity contribution in [2.75, 3.05) is 0 Å². The maximum absolute atomic E-state index is 11.6. The molecule has 0 spiro atoms. The van der Waals surface area contributed by atoms with Crippen LogP contribution in [-0.2, 0) is 31.2 Å². The summed E-state index contributed by atoms with van der Waals surface area (Å²) in [4.78, 5) is 34.1. The Labute approximate surface area is 204 Å². The molecule has 0 saturated heterocycles. The van der Waals surface area contributed by atoms with Crippen molar-refractivity contribution in [2.24, 2.45) is 0 Å². The number of benzene rings is 2. The van der Waals surface area contributed by atoms with Gasteiger partial charge in [-0.2, -0.15) is 0 Å². The van der Waals surface area contributed by atoms with Gasteiger partial charge in [-0.05, 0) is 36.4 Å². The van der Waals surface area contributed by atoms with Gasteiger partial charge in [-0.25, -0.2) is 14.4 Å². The molecule has 3 nitrogen and oxygen atoms in total. The first-order valence-corrected chi connectivity index (χ1v) is 20.7. The van der Waals surface area contributed by atoms with Gasteiger partial charge >= 0.3 is 43.1 Å². The van der Waals surface area contributed by atoms with Crippen LogP contribution in [0.1, 0.15) is 0 Å². The summed E-state index contributed by atoms with van der Waals surface area (Å²) in [6, 6.07) is 19.8. The van der Waals surface area contributed by atoms with Gasteiger partial charge in [-0.3, -0.25) is 0 Å². The van der Waals surface area contributed by atoms with E-state index in [4.69, 9.17) is 26.8 Å². The first-order chi connectivity index (χ1) is 14.0. The van der Waals surface area contributed by atoms with E-state index in [-0.39, 0.29) is 39.2 Å². The van der Waals surface area contributed by atoms with Gasteiger partial charge in [-0.1, -0.05) is 36.4 Å². The second-order valence-electron chi connectivity index (χ2n) is 5.71. The zero-order valence-electron chi connectivity index (χ0n) is 15.2. The molecule has 2 aromatic rings. The summed E-state index contributed by atoms with van der Waals surface area (Å²) in [5.41, 5.74) is -0.128. The number of rotatable bonds is 3. The number of allylic oxidation sites excluding steroid dienone is 5. The molecule has 0 aromatic heterocycles. The summed E-state index contributed by atoms with van der Waals surface area (Å²) in [6.45, 7) is 0. The second kappa shape index (κ2) is 14.2. The largest absolute Gasteiger partial charge is 0 e. The Morgan fingerprint density at radius 1 is 0.767 bits per heavy atom. The summed E-state index contributed by atoms with van der Waals surface area (Å²) in [5, 5.41) is 2.20. The molecule has 1 aliphatic rings. The van der Waals surface area contributed by atoms with Crippen molar-refractivity contribution in [1.82, 2.24) is 0 Å². The fraction of sp³-hybridized carbons (Fsp3) is 0.0476. The van der Waals surface area contributed by atoms with Crippen molar-refractivity contribution < 1.29 is 31.2 Å². The van der Waals surface area contributed by atoms with Crippen LogP contribution < -0.4 is 10.6 Å². The summed E-state index contributed by atoms with van der Waals surface area (Å²) in [6.07, 6.45) is 3.35. The van der Waals surface area contributed by atoms with E-state index in [0.717, 1.165) is 10.6 Å². The Balaban J connectivity index is 0.000000827. The maximum atomic E-state index is 11.6. The van der Waals surface area contributed by atoms with Crippen molar-refractivity contribution in [2.45, 2.75) is 5.66 Å². The van der Waals surface area contributed by atoms with Crippen LogP contribution in [0, 0.1) is 0 Å². The van der Waals surface area contributed by atoms with Crippen LogP contribution in [0.5, 0.6) is 0 Å². The van der Waals surface area contributed by atoms with Gasteiger partial charge in [0.05, 0.1) is 29.7 Å². The van der Waals surface area contributed by atoms with Gasteiger partial charge in [0.25, 0.3) is 0 Å². The first-order valence-electron chi connectivity index (χ1n) is 8.28. The molecule has 0 amide bonds. The Bertz CT molecular complexity index is 986. The number of halogens is 3. The van der Waals surface area contributed by atoms with Crippen molar-refractivity contribution >= 4 is 79.5 Å². The van der Waals surface area contributed by atoms with Gasteiger partial charge in [0.1, 0.15) is 29.1 Å². The van der Waals surface area contributed by atoms with Crippen molar-refractivity contribution in [3.63, 3.8) is 0 Å². The molecule has 0 saturated carbocycles. The summed E-state index contributed by atoms with van der Waals surface area (Å²) in [7, 11) is 13.5. The molecule has 1 aliphatic carbocycles. The maximum Gasteiger partial charge on any atom is 0 e. The van der Waals surface area contributed by atoms with Crippen LogP contribution in [0.3, 0.4) is 0 Å². The minimum Gasteiger partial charge on any atom is 0 e. The third-order valence-corrected chi connectivity index (χ3v) is 7.12. The van der Waals surface area contributed by atoms with Crippen molar-refractivity contribution in [3.8, 4) is 0 Å². The fourth-order valence-corrected chi connectivity index (χ4v) is 5.92. The van der Waals surface area contributed by atoms with E-state index in [1.807, 2.05) is 66.6 Å². The van der Waals surface area contributed by atoms with Crippen molar-refractivity contribution in [3.05, 3.63) is 89.5 Å². The molecule has 0 fully saturated rings. The Morgan fingerprint density at radius 3 is 1.60 bits per heavy atom.